The molecule has 0 spiro atoms. The molecule has 1 aliphatic heterocycles. The topological polar surface area (TPSA) is 105 Å². The summed E-state index contributed by atoms with van der Waals surface area (Å²) in [6.45, 7) is 0.517. The van der Waals surface area contributed by atoms with Gasteiger partial charge in [0.25, 0.3) is 10.0 Å². The highest BCUT2D eigenvalue weighted by Crippen LogP contribution is 2.25. The fourth-order valence-corrected chi connectivity index (χ4v) is 4.18. The predicted octanol–water partition coefficient (Wildman–Crippen LogP) is -0.879. The molecule has 0 radical (unpaired) electrons. The highest BCUT2D eigenvalue weighted by Gasteiger charge is 2.40. The lowest BCUT2D eigenvalue weighted by molar-refractivity contribution is -0.141. The van der Waals surface area contributed by atoms with Crippen LogP contribution in [0.5, 0.6) is 0 Å². The van der Waals surface area contributed by atoms with E-state index >= 15 is 0 Å². The molecule has 1 unspecified atom stereocenters. The minimum Gasteiger partial charge on any atom is -0.480 e. The molecule has 0 aromatic carbocycles. The molecule has 0 aliphatic carbocycles. The number of sulfonamides is 1. The van der Waals surface area contributed by atoms with E-state index < -0.39 is 22.0 Å². The molecule has 8 nitrogen and oxygen atoms in total. The number of piperazine rings is 1. The number of carbonyl (C=O) groups is 1. The third-order valence-corrected chi connectivity index (χ3v) is 5.29. The Balaban J connectivity index is 2.46. The Kier molecular flexibility index (Phi) is 3.81. The maximum atomic E-state index is 12.5. The van der Waals surface area contributed by atoms with Crippen molar-refractivity contribution in [2.24, 2.45) is 7.05 Å². The molecule has 0 amide bonds. The van der Waals surface area contributed by atoms with E-state index in [4.69, 9.17) is 16.7 Å². The van der Waals surface area contributed by atoms with Crippen LogP contribution in [0.25, 0.3) is 0 Å². The molecule has 1 atom stereocenters. The smallest absolute Gasteiger partial charge is 0.323 e. The number of rotatable bonds is 3. The van der Waals surface area contributed by atoms with Crippen LogP contribution < -0.4 is 5.32 Å². The molecule has 0 saturated carbocycles. The van der Waals surface area contributed by atoms with E-state index in [0.29, 0.717) is 6.54 Å². The normalized spacial score (nSPS) is 21.5. The van der Waals surface area contributed by atoms with Gasteiger partial charge in [0.05, 0.1) is 11.2 Å². The van der Waals surface area contributed by atoms with Crippen LogP contribution in [0.15, 0.2) is 11.2 Å². The van der Waals surface area contributed by atoms with Crippen molar-refractivity contribution in [1.29, 1.82) is 0 Å². The van der Waals surface area contributed by atoms with Crippen molar-refractivity contribution in [3.63, 3.8) is 0 Å². The highest BCUT2D eigenvalue weighted by atomic mass is 35.5. The van der Waals surface area contributed by atoms with Gasteiger partial charge >= 0.3 is 5.97 Å². The van der Waals surface area contributed by atoms with Gasteiger partial charge in [-0.05, 0) is 0 Å². The molecule has 1 aromatic heterocycles. The molecule has 1 fully saturated rings. The summed E-state index contributed by atoms with van der Waals surface area (Å²) in [5, 5.41) is 15.5. The summed E-state index contributed by atoms with van der Waals surface area (Å²) in [5.74, 6) is -1.20. The molecular formula is C9H13ClN4O4S. The van der Waals surface area contributed by atoms with Crippen LogP contribution in [0.1, 0.15) is 0 Å². The molecule has 1 aliphatic rings. The number of aryl methyl sites for hydroxylation is 1. The Morgan fingerprint density at radius 1 is 1.63 bits per heavy atom. The third-order valence-electron chi connectivity index (χ3n) is 2.87. The van der Waals surface area contributed by atoms with Crippen LogP contribution >= 0.6 is 11.6 Å². The number of aliphatic carboxylic acids is 1. The standard InChI is InChI=1S/C9H13ClN4O4S/c1-13-8(6(10)4-12-13)19(17,18)14-3-2-11-5-7(14)9(15)16/h4,7,11H,2-3,5H2,1H3,(H,15,16). The first kappa shape index (κ1) is 14.3. The van der Waals surface area contributed by atoms with E-state index in [2.05, 4.69) is 10.4 Å². The zero-order chi connectivity index (χ0) is 14.2. The maximum Gasteiger partial charge on any atom is 0.323 e. The van der Waals surface area contributed by atoms with Gasteiger partial charge in [-0.2, -0.15) is 9.40 Å². The van der Waals surface area contributed by atoms with Gasteiger partial charge in [-0.15, -0.1) is 0 Å². The first-order chi connectivity index (χ1) is 8.85. The Morgan fingerprint density at radius 2 is 2.32 bits per heavy atom. The van der Waals surface area contributed by atoms with Gasteiger partial charge in [-0.25, -0.2) is 8.42 Å². The van der Waals surface area contributed by atoms with Crippen LogP contribution in [0.4, 0.5) is 0 Å². The quantitative estimate of drug-likeness (QED) is 0.751. The number of nitrogens with zero attached hydrogens (tertiary/aromatic N) is 3. The monoisotopic (exact) mass is 308 g/mol. The van der Waals surface area contributed by atoms with Crippen LogP contribution in [0.2, 0.25) is 5.02 Å². The van der Waals surface area contributed by atoms with Crippen molar-refractivity contribution in [2.45, 2.75) is 11.1 Å². The van der Waals surface area contributed by atoms with Gasteiger partial charge in [0, 0.05) is 26.7 Å². The van der Waals surface area contributed by atoms with Gasteiger partial charge in [0.15, 0.2) is 5.03 Å². The molecule has 2 heterocycles. The summed E-state index contributed by atoms with van der Waals surface area (Å²) in [4.78, 5) is 11.1. The first-order valence-corrected chi connectivity index (χ1v) is 7.30. The Hall–Kier alpha value is -1.16. The van der Waals surface area contributed by atoms with Crippen LogP contribution in [-0.2, 0) is 21.9 Å². The van der Waals surface area contributed by atoms with Crippen molar-refractivity contribution in [2.75, 3.05) is 19.6 Å². The van der Waals surface area contributed by atoms with E-state index in [-0.39, 0.29) is 23.1 Å². The van der Waals surface area contributed by atoms with Gasteiger partial charge in [0.1, 0.15) is 6.04 Å². The van der Waals surface area contributed by atoms with Crippen molar-refractivity contribution in [3.05, 3.63) is 11.2 Å². The zero-order valence-corrected chi connectivity index (χ0v) is 11.6. The van der Waals surface area contributed by atoms with Crippen LogP contribution in [-0.4, -0.2) is 59.3 Å². The summed E-state index contributed by atoms with van der Waals surface area (Å²) < 4.78 is 27.1. The number of carboxylic acids is 1. The van der Waals surface area contributed by atoms with Gasteiger partial charge < -0.3 is 10.4 Å². The van der Waals surface area contributed by atoms with E-state index in [1.807, 2.05) is 0 Å². The van der Waals surface area contributed by atoms with Crippen LogP contribution in [0.3, 0.4) is 0 Å². The van der Waals surface area contributed by atoms with Crippen molar-refractivity contribution in [3.8, 4) is 0 Å². The summed E-state index contributed by atoms with van der Waals surface area (Å²) in [7, 11) is -2.55. The largest absolute Gasteiger partial charge is 0.480 e. The fraction of sp³-hybridized carbons (Fsp3) is 0.556. The summed E-state index contributed by atoms with van der Waals surface area (Å²) in [6.07, 6.45) is 1.21. The molecule has 1 saturated heterocycles. The third kappa shape index (κ3) is 2.46. The lowest BCUT2D eigenvalue weighted by atomic mass is 10.2. The summed E-state index contributed by atoms with van der Waals surface area (Å²) in [5.41, 5.74) is 0. The molecule has 10 heteroatoms. The number of hydrogen-bond donors (Lipinski definition) is 2. The molecule has 2 N–H and O–H groups in total. The Bertz CT molecular complexity index is 580. The molecule has 19 heavy (non-hydrogen) atoms. The molecule has 2 rings (SSSR count). The Morgan fingerprint density at radius 3 is 2.84 bits per heavy atom. The van der Waals surface area contributed by atoms with Gasteiger partial charge in [0.2, 0.25) is 0 Å². The minimum absolute atomic E-state index is 0.0230. The maximum absolute atomic E-state index is 12.5. The Labute approximate surface area is 115 Å². The summed E-state index contributed by atoms with van der Waals surface area (Å²) in [6, 6.07) is -1.15. The second-order valence-corrected chi connectivity index (χ2v) is 6.31. The first-order valence-electron chi connectivity index (χ1n) is 5.48. The predicted molar refractivity (Wildman–Crippen MR) is 66.4 cm³/mol. The number of aromatic nitrogens is 2. The number of halogens is 1. The molecular weight excluding hydrogens is 296 g/mol. The lowest BCUT2D eigenvalue weighted by Crippen LogP contribution is -2.57. The average molecular weight is 309 g/mol. The van der Waals surface area contributed by atoms with Crippen molar-refractivity contribution in [1.82, 2.24) is 19.4 Å². The second-order valence-electron chi connectivity index (χ2n) is 4.10. The van der Waals surface area contributed by atoms with E-state index in [9.17, 15) is 13.2 Å². The molecule has 106 valence electrons. The summed E-state index contributed by atoms with van der Waals surface area (Å²) >= 11 is 5.82. The fourth-order valence-electron chi connectivity index (χ4n) is 1.98. The SMILES string of the molecule is Cn1ncc(Cl)c1S(=O)(=O)N1CCNCC1C(=O)O. The molecule has 1 aromatic rings. The van der Waals surface area contributed by atoms with Crippen molar-refractivity contribution < 1.29 is 18.3 Å². The van der Waals surface area contributed by atoms with Crippen LogP contribution in [0, 0.1) is 0 Å². The average Bonchev–Trinajstić information content (AvgIpc) is 2.69. The van der Waals surface area contributed by atoms with E-state index in [1.54, 1.807) is 0 Å². The number of hydrogen-bond acceptors (Lipinski definition) is 5. The highest BCUT2D eigenvalue weighted by molar-refractivity contribution is 7.89. The second kappa shape index (κ2) is 5.08. The number of nitrogens with one attached hydrogen (secondary N) is 1. The minimum atomic E-state index is -3.99. The van der Waals surface area contributed by atoms with Gasteiger partial charge in [-0.3, -0.25) is 9.48 Å². The van der Waals surface area contributed by atoms with E-state index in [0.717, 1.165) is 8.99 Å². The molecule has 0 bridgehead atoms. The van der Waals surface area contributed by atoms with Gasteiger partial charge in [-0.1, -0.05) is 11.6 Å². The number of carboxylic acid groups (broad SMARTS) is 1. The van der Waals surface area contributed by atoms with E-state index in [1.165, 1.54) is 13.2 Å². The zero-order valence-electron chi connectivity index (χ0n) is 10.1. The lowest BCUT2D eigenvalue weighted by Gasteiger charge is -2.32. The van der Waals surface area contributed by atoms with Crippen molar-refractivity contribution >= 4 is 27.6 Å².